The second-order valence-corrected chi connectivity index (χ2v) is 6.13. The van der Waals surface area contributed by atoms with Gasteiger partial charge in [-0.05, 0) is 51.8 Å². The Morgan fingerprint density at radius 1 is 1.27 bits per heavy atom. The minimum atomic E-state index is -0.737. The van der Waals surface area contributed by atoms with Crippen molar-refractivity contribution in [2.45, 2.75) is 46.8 Å². The zero-order valence-corrected chi connectivity index (χ0v) is 13.8. The summed E-state index contributed by atoms with van der Waals surface area (Å²) in [5.41, 5.74) is 1.55. The lowest BCUT2D eigenvalue weighted by Gasteiger charge is -2.19. The maximum atomic E-state index is 11.6. The zero-order chi connectivity index (χ0) is 16.9. The molecule has 22 heavy (non-hydrogen) atoms. The molecule has 0 unspecified atom stereocenters. The fourth-order valence-electron chi connectivity index (χ4n) is 1.63. The quantitative estimate of drug-likeness (QED) is 0.525. The number of benzene rings is 1. The molecule has 0 saturated carbocycles. The number of hydrogen-bond donors (Lipinski definition) is 1. The minimum Gasteiger partial charge on any atom is -0.428 e. The molecule has 0 spiro atoms. The van der Waals surface area contributed by atoms with Crippen LogP contribution in [0.25, 0.3) is 0 Å². The lowest BCUT2D eigenvalue weighted by Crippen LogP contribution is -2.26. The summed E-state index contributed by atoms with van der Waals surface area (Å²) in [5, 5.41) is 2.75. The lowest BCUT2D eigenvalue weighted by atomic mass is 10.1. The highest BCUT2D eigenvalue weighted by atomic mass is 16.7. The van der Waals surface area contributed by atoms with Gasteiger partial charge in [0.25, 0.3) is 0 Å². The Labute approximate surface area is 131 Å². The van der Waals surface area contributed by atoms with E-state index in [-0.39, 0.29) is 5.91 Å². The Kier molecular flexibility index (Phi) is 5.74. The number of ether oxygens (including phenoxy) is 2. The van der Waals surface area contributed by atoms with Crippen LogP contribution >= 0.6 is 0 Å². The molecule has 0 aliphatic carbocycles. The first-order valence-electron chi connectivity index (χ1n) is 7.02. The van der Waals surface area contributed by atoms with E-state index in [1.54, 1.807) is 39.8 Å². The van der Waals surface area contributed by atoms with Crippen molar-refractivity contribution < 1.29 is 19.1 Å². The number of aryl methyl sites for hydroxylation is 1. The number of nitrogens with one attached hydrogen (secondary N) is 1. The maximum absolute atomic E-state index is 11.6. The van der Waals surface area contributed by atoms with Crippen molar-refractivity contribution in [3.63, 3.8) is 0 Å². The summed E-state index contributed by atoms with van der Waals surface area (Å²) in [6.45, 7) is 12.8. The highest BCUT2D eigenvalue weighted by Crippen LogP contribution is 2.21. The SMILES string of the molecule is C=C(C)C(=O)NCc1ccc(OC(=O)OC(C)(C)C)c(C)c1. The predicted molar refractivity (Wildman–Crippen MR) is 84.7 cm³/mol. The molecule has 5 heteroatoms. The van der Waals surface area contributed by atoms with Gasteiger partial charge in [-0.3, -0.25) is 4.79 Å². The molecule has 0 saturated heterocycles. The molecule has 1 N–H and O–H groups in total. The second-order valence-electron chi connectivity index (χ2n) is 6.13. The van der Waals surface area contributed by atoms with Gasteiger partial charge in [-0.1, -0.05) is 18.7 Å². The average Bonchev–Trinajstić information content (AvgIpc) is 2.36. The van der Waals surface area contributed by atoms with E-state index in [4.69, 9.17) is 9.47 Å². The van der Waals surface area contributed by atoms with Crippen molar-refractivity contribution in [2.75, 3.05) is 0 Å². The molecule has 120 valence electrons. The van der Waals surface area contributed by atoms with E-state index >= 15 is 0 Å². The summed E-state index contributed by atoms with van der Waals surface area (Å²) in [5.74, 6) is 0.246. The Morgan fingerprint density at radius 3 is 2.41 bits per heavy atom. The van der Waals surface area contributed by atoms with Gasteiger partial charge in [-0.15, -0.1) is 0 Å². The van der Waals surface area contributed by atoms with Crippen molar-refractivity contribution in [3.8, 4) is 5.75 Å². The molecular weight excluding hydrogens is 282 g/mol. The Balaban J connectivity index is 2.68. The molecule has 0 heterocycles. The first-order valence-corrected chi connectivity index (χ1v) is 7.02. The zero-order valence-electron chi connectivity index (χ0n) is 13.8. The molecule has 0 aliphatic rings. The van der Waals surface area contributed by atoms with Crippen molar-refractivity contribution in [1.29, 1.82) is 0 Å². The third-order valence-electron chi connectivity index (χ3n) is 2.66. The van der Waals surface area contributed by atoms with E-state index in [0.29, 0.717) is 17.9 Å². The maximum Gasteiger partial charge on any atom is 0.514 e. The van der Waals surface area contributed by atoms with Crippen LogP contribution in [0.4, 0.5) is 4.79 Å². The van der Waals surface area contributed by atoms with Crippen LogP contribution in [0.2, 0.25) is 0 Å². The van der Waals surface area contributed by atoms with Crippen LogP contribution in [0.5, 0.6) is 5.75 Å². The van der Waals surface area contributed by atoms with Gasteiger partial charge >= 0.3 is 6.16 Å². The van der Waals surface area contributed by atoms with Crippen molar-refractivity contribution >= 4 is 12.1 Å². The molecule has 5 nitrogen and oxygen atoms in total. The first-order chi connectivity index (χ1) is 10.1. The van der Waals surface area contributed by atoms with Crippen LogP contribution in [0.1, 0.15) is 38.8 Å². The van der Waals surface area contributed by atoms with E-state index in [2.05, 4.69) is 11.9 Å². The first kappa shape index (κ1) is 17.8. The molecule has 0 fully saturated rings. The smallest absolute Gasteiger partial charge is 0.428 e. The molecule has 0 bridgehead atoms. The summed E-state index contributed by atoms with van der Waals surface area (Å²) in [6, 6.07) is 5.31. The largest absolute Gasteiger partial charge is 0.514 e. The second kappa shape index (κ2) is 7.11. The number of hydrogen-bond acceptors (Lipinski definition) is 4. The van der Waals surface area contributed by atoms with Crippen LogP contribution < -0.4 is 10.1 Å². The van der Waals surface area contributed by atoms with Crippen molar-refractivity contribution in [3.05, 3.63) is 41.5 Å². The van der Waals surface area contributed by atoms with Crippen LogP contribution in [-0.4, -0.2) is 17.7 Å². The van der Waals surface area contributed by atoms with E-state index in [1.165, 1.54) is 0 Å². The molecule has 1 amide bonds. The fourth-order valence-corrected chi connectivity index (χ4v) is 1.63. The van der Waals surface area contributed by atoms with Crippen LogP contribution in [0, 0.1) is 6.92 Å². The van der Waals surface area contributed by atoms with Crippen LogP contribution in [0.15, 0.2) is 30.4 Å². The normalized spacial score (nSPS) is 10.8. The lowest BCUT2D eigenvalue weighted by molar-refractivity contribution is -0.117. The fraction of sp³-hybridized carbons (Fsp3) is 0.412. The molecule has 0 aliphatic heterocycles. The van der Waals surface area contributed by atoms with Crippen molar-refractivity contribution in [1.82, 2.24) is 5.32 Å². The number of amides is 1. The summed E-state index contributed by atoms with van der Waals surface area (Å²) < 4.78 is 10.3. The number of rotatable bonds is 4. The van der Waals surface area contributed by atoms with E-state index in [9.17, 15) is 9.59 Å². The van der Waals surface area contributed by atoms with Crippen LogP contribution in [-0.2, 0) is 16.1 Å². The van der Waals surface area contributed by atoms with E-state index in [0.717, 1.165) is 11.1 Å². The van der Waals surface area contributed by atoms with Gasteiger partial charge < -0.3 is 14.8 Å². The molecular formula is C17H23NO4. The molecule has 0 atom stereocenters. The van der Waals surface area contributed by atoms with Gasteiger partial charge in [0.1, 0.15) is 11.4 Å². The Bertz CT molecular complexity index is 585. The predicted octanol–water partition coefficient (Wildman–Crippen LogP) is 3.50. The molecule has 0 radical (unpaired) electrons. The molecule has 1 aromatic rings. The standard InChI is InChI=1S/C17H23NO4/c1-11(2)15(19)18-10-13-7-8-14(12(3)9-13)21-16(20)22-17(4,5)6/h7-9H,1,10H2,2-6H3,(H,18,19). The topological polar surface area (TPSA) is 64.6 Å². The highest BCUT2D eigenvalue weighted by Gasteiger charge is 2.18. The third-order valence-corrected chi connectivity index (χ3v) is 2.66. The summed E-state index contributed by atoms with van der Waals surface area (Å²) >= 11 is 0. The molecule has 0 aromatic heterocycles. The van der Waals surface area contributed by atoms with Crippen molar-refractivity contribution in [2.24, 2.45) is 0 Å². The summed E-state index contributed by atoms with van der Waals surface area (Å²) in [4.78, 5) is 23.1. The molecule has 1 rings (SSSR count). The van der Waals surface area contributed by atoms with Gasteiger partial charge in [0.15, 0.2) is 0 Å². The summed E-state index contributed by atoms with van der Waals surface area (Å²) in [6.07, 6.45) is -0.737. The van der Waals surface area contributed by atoms with Gasteiger partial charge in [-0.25, -0.2) is 4.79 Å². The van der Waals surface area contributed by atoms with E-state index in [1.807, 2.05) is 13.0 Å². The van der Waals surface area contributed by atoms with Crippen LogP contribution in [0.3, 0.4) is 0 Å². The monoisotopic (exact) mass is 305 g/mol. The average molecular weight is 305 g/mol. The number of carbonyl (C=O) groups is 2. The summed E-state index contributed by atoms with van der Waals surface area (Å²) in [7, 11) is 0. The Morgan fingerprint density at radius 2 is 1.91 bits per heavy atom. The van der Waals surface area contributed by atoms with E-state index < -0.39 is 11.8 Å². The van der Waals surface area contributed by atoms with Gasteiger partial charge in [0.2, 0.25) is 5.91 Å². The Hall–Kier alpha value is -2.30. The third kappa shape index (κ3) is 5.99. The molecule has 1 aromatic carbocycles. The minimum absolute atomic E-state index is 0.188. The van der Waals surface area contributed by atoms with Gasteiger partial charge in [0.05, 0.1) is 0 Å². The van der Waals surface area contributed by atoms with Gasteiger partial charge in [-0.2, -0.15) is 0 Å². The van der Waals surface area contributed by atoms with Gasteiger partial charge in [0, 0.05) is 12.1 Å². The number of carbonyl (C=O) groups excluding carboxylic acids is 2. The highest BCUT2D eigenvalue weighted by molar-refractivity contribution is 5.92.